The fraction of sp³-hybridized carbons (Fsp3) is 0.250. The van der Waals surface area contributed by atoms with Gasteiger partial charge in [0.25, 0.3) is 0 Å². The Morgan fingerprint density at radius 3 is 2.31 bits per heavy atom. The Labute approximate surface area is 174 Å². The van der Waals surface area contributed by atoms with Crippen LogP contribution in [-0.4, -0.2) is 45.2 Å². The van der Waals surface area contributed by atoms with Crippen LogP contribution in [0.15, 0.2) is 41.5 Å². The molecule has 0 radical (unpaired) electrons. The first-order chi connectivity index (χ1) is 14.0. The molecule has 0 amide bonds. The van der Waals surface area contributed by atoms with Crippen molar-refractivity contribution in [3.05, 3.63) is 47.5 Å². The molecule has 2 aromatic rings. The topological polar surface area (TPSA) is 90.4 Å². The summed E-state index contributed by atoms with van der Waals surface area (Å²) in [4.78, 5) is 12.6. The number of nitrogens with zero attached hydrogens (tertiary/aromatic N) is 1. The number of benzene rings is 2. The summed E-state index contributed by atoms with van der Waals surface area (Å²) in [6.45, 7) is 2.64. The zero-order valence-electron chi connectivity index (χ0n) is 16.6. The van der Waals surface area contributed by atoms with Crippen molar-refractivity contribution in [3.8, 4) is 23.0 Å². The van der Waals surface area contributed by atoms with E-state index in [-0.39, 0.29) is 11.3 Å². The second-order valence-corrected chi connectivity index (χ2v) is 6.04. The third-order valence-corrected chi connectivity index (χ3v) is 3.93. The summed E-state index contributed by atoms with van der Waals surface area (Å²) in [5, 5.41) is 7.39. The van der Waals surface area contributed by atoms with Gasteiger partial charge in [0.05, 0.1) is 33.1 Å². The zero-order chi connectivity index (χ0) is 21.2. The van der Waals surface area contributed by atoms with Gasteiger partial charge < -0.3 is 24.3 Å². The van der Waals surface area contributed by atoms with Crippen LogP contribution in [0.3, 0.4) is 0 Å². The molecule has 0 aliphatic rings. The van der Waals surface area contributed by atoms with Crippen LogP contribution < -0.4 is 29.7 Å². The highest BCUT2D eigenvalue weighted by Crippen LogP contribution is 2.29. The number of thiocarbonyl (C=S) groups is 1. The minimum absolute atomic E-state index is 0.271. The largest absolute Gasteiger partial charge is 0.497 e. The van der Waals surface area contributed by atoms with E-state index in [1.165, 1.54) is 21.3 Å². The van der Waals surface area contributed by atoms with Crippen molar-refractivity contribution in [2.24, 2.45) is 5.10 Å². The van der Waals surface area contributed by atoms with Crippen LogP contribution in [0.25, 0.3) is 0 Å². The molecule has 2 rings (SSSR count). The van der Waals surface area contributed by atoms with Gasteiger partial charge in [-0.25, -0.2) is 4.79 Å². The molecule has 2 N–H and O–H groups in total. The fourth-order valence-electron chi connectivity index (χ4n) is 2.30. The monoisotopic (exact) mass is 417 g/mol. The number of hydrogen-bond donors (Lipinski definition) is 2. The smallest absolute Gasteiger partial charge is 0.343 e. The molecule has 154 valence electrons. The van der Waals surface area contributed by atoms with Gasteiger partial charge in [-0.15, -0.1) is 0 Å². The highest BCUT2D eigenvalue weighted by molar-refractivity contribution is 7.80. The molecule has 0 aliphatic carbocycles. The van der Waals surface area contributed by atoms with Crippen molar-refractivity contribution in [2.75, 3.05) is 27.9 Å². The summed E-state index contributed by atoms with van der Waals surface area (Å²) < 4.78 is 21.2. The predicted octanol–water partition coefficient (Wildman–Crippen LogP) is 2.75. The number of rotatable bonds is 8. The van der Waals surface area contributed by atoms with E-state index in [0.29, 0.717) is 28.9 Å². The van der Waals surface area contributed by atoms with Gasteiger partial charge >= 0.3 is 5.97 Å². The molecule has 8 nitrogen and oxygen atoms in total. The normalized spacial score (nSPS) is 10.3. The first-order valence-corrected chi connectivity index (χ1v) is 9.11. The SMILES string of the molecule is CCNC(=S)NN=Cc1ccc(OC(=O)c2cc(OC)cc(OC)c2)c(OC)c1. The van der Waals surface area contributed by atoms with E-state index in [9.17, 15) is 4.79 Å². The maximum atomic E-state index is 12.6. The van der Waals surface area contributed by atoms with E-state index in [4.69, 9.17) is 31.2 Å². The first kappa shape index (κ1) is 22.0. The zero-order valence-corrected chi connectivity index (χ0v) is 17.5. The standard InChI is InChI=1S/C20H23N3O5S/c1-5-21-20(29)23-22-12-13-6-7-17(18(8-13)27-4)28-19(24)14-9-15(25-2)11-16(10-14)26-3/h6-12H,5H2,1-4H3,(H2,21,23,29). The maximum Gasteiger partial charge on any atom is 0.343 e. The molecule has 0 bridgehead atoms. The molecule has 0 spiro atoms. The Morgan fingerprint density at radius 2 is 1.72 bits per heavy atom. The molecule has 2 aromatic carbocycles. The summed E-state index contributed by atoms with van der Waals surface area (Å²) >= 11 is 5.03. The van der Waals surface area contributed by atoms with E-state index in [1.807, 2.05) is 6.92 Å². The van der Waals surface area contributed by atoms with Crippen LogP contribution in [0.5, 0.6) is 23.0 Å². The van der Waals surface area contributed by atoms with Gasteiger partial charge in [0.1, 0.15) is 11.5 Å². The van der Waals surface area contributed by atoms with Crippen LogP contribution >= 0.6 is 12.2 Å². The van der Waals surface area contributed by atoms with Crippen LogP contribution in [0, 0.1) is 0 Å². The maximum absolute atomic E-state index is 12.6. The quantitative estimate of drug-likeness (QED) is 0.223. The lowest BCUT2D eigenvalue weighted by molar-refractivity contribution is 0.0729. The molecule has 0 heterocycles. The Kier molecular flexibility index (Phi) is 8.23. The summed E-state index contributed by atoms with van der Waals surface area (Å²) in [6.07, 6.45) is 1.57. The molecule has 29 heavy (non-hydrogen) atoms. The number of esters is 1. The Balaban J connectivity index is 2.15. The molecular formula is C20H23N3O5S. The predicted molar refractivity (Wildman–Crippen MR) is 115 cm³/mol. The number of ether oxygens (including phenoxy) is 4. The van der Waals surface area contributed by atoms with Gasteiger partial charge in [-0.05, 0) is 55.0 Å². The highest BCUT2D eigenvalue weighted by Gasteiger charge is 2.15. The number of hydrogen-bond acceptors (Lipinski definition) is 7. The molecule has 0 fully saturated rings. The highest BCUT2D eigenvalue weighted by atomic mass is 32.1. The molecule has 0 saturated heterocycles. The Hall–Kier alpha value is -3.33. The van der Waals surface area contributed by atoms with Crippen LogP contribution in [0.2, 0.25) is 0 Å². The van der Waals surface area contributed by atoms with Gasteiger partial charge in [-0.1, -0.05) is 0 Å². The molecule has 0 aliphatic heterocycles. The molecule has 0 atom stereocenters. The second kappa shape index (κ2) is 10.9. The van der Waals surface area contributed by atoms with Crippen molar-refractivity contribution in [3.63, 3.8) is 0 Å². The fourth-order valence-corrected chi connectivity index (χ4v) is 2.50. The summed E-state index contributed by atoms with van der Waals surface area (Å²) in [5.41, 5.74) is 3.72. The van der Waals surface area contributed by atoms with Crippen LogP contribution in [-0.2, 0) is 0 Å². The Bertz CT molecular complexity index is 879. The molecule has 9 heteroatoms. The van der Waals surface area contributed by atoms with E-state index in [0.717, 1.165) is 5.56 Å². The van der Waals surface area contributed by atoms with E-state index < -0.39 is 5.97 Å². The van der Waals surface area contributed by atoms with Gasteiger partial charge in [0, 0.05) is 12.6 Å². The van der Waals surface area contributed by atoms with Crippen molar-refractivity contribution in [1.82, 2.24) is 10.7 Å². The second-order valence-electron chi connectivity index (χ2n) is 5.63. The number of nitrogens with one attached hydrogen (secondary N) is 2. The Morgan fingerprint density at radius 1 is 1.03 bits per heavy atom. The number of carbonyl (C=O) groups excluding carboxylic acids is 1. The van der Waals surface area contributed by atoms with Gasteiger partial charge in [-0.3, -0.25) is 5.43 Å². The molecular weight excluding hydrogens is 394 g/mol. The summed E-state index contributed by atoms with van der Waals surface area (Å²) in [5.74, 6) is 1.05. The number of carbonyl (C=O) groups is 1. The third-order valence-electron chi connectivity index (χ3n) is 3.69. The summed E-state index contributed by atoms with van der Waals surface area (Å²) in [6, 6.07) is 9.85. The average Bonchev–Trinajstić information content (AvgIpc) is 2.74. The molecule has 0 aromatic heterocycles. The molecule has 0 saturated carbocycles. The lowest BCUT2D eigenvalue weighted by Gasteiger charge is -2.11. The summed E-state index contributed by atoms with van der Waals surface area (Å²) in [7, 11) is 4.50. The molecule has 0 unspecified atom stereocenters. The van der Waals surface area contributed by atoms with E-state index in [1.54, 1.807) is 42.6 Å². The number of methoxy groups -OCH3 is 3. The van der Waals surface area contributed by atoms with Crippen molar-refractivity contribution < 1.29 is 23.7 Å². The minimum Gasteiger partial charge on any atom is -0.497 e. The lowest BCUT2D eigenvalue weighted by atomic mass is 10.2. The van der Waals surface area contributed by atoms with Crippen molar-refractivity contribution in [2.45, 2.75) is 6.92 Å². The van der Waals surface area contributed by atoms with Crippen molar-refractivity contribution >= 4 is 29.5 Å². The van der Waals surface area contributed by atoms with Gasteiger partial charge in [0.15, 0.2) is 16.6 Å². The van der Waals surface area contributed by atoms with Gasteiger partial charge in [-0.2, -0.15) is 5.10 Å². The van der Waals surface area contributed by atoms with E-state index >= 15 is 0 Å². The average molecular weight is 417 g/mol. The van der Waals surface area contributed by atoms with E-state index in [2.05, 4.69) is 15.8 Å². The first-order valence-electron chi connectivity index (χ1n) is 8.70. The third kappa shape index (κ3) is 6.35. The van der Waals surface area contributed by atoms with Crippen molar-refractivity contribution in [1.29, 1.82) is 0 Å². The lowest BCUT2D eigenvalue weighted by Crippen LogP contribution is -2.31. The minimum atomic E-state index is -0.570. The van der Waals surface area contributed by atoms with Crippen LogP contribution in [0.4, 0.5) is 0 Å². The van der Waals surface area contributed by atoms with Gasteiger partial charge in [0.2, 0.25) is 0 Å². The van der Waals surface area contributed by atoms with Crippen LogP contribution in [0.1, 0.15) is 22.8 Å². The number of hydrazone groups is 1.